The summed E-state index contributed by atoms with van der Waals surface area (Å²) in [6.07, 6.45) is 5.91. The maximum absolute atomic E-state index is 13.2. The molecular weight excluding hydrogens is 809 g/mol. The molecule has 0 saturated carbocycles. The lowest BCUT2D eigenvalue weighted by Gasteiger charge is -2.39. The quantitative estimate of drug-likeness (QED) is 0.0214. The summed E-state index contributed by atoms with van der Waals surface area (Å²) in [5.74, 6) is -2.17. The first-order chi connectivity index (χ1) is 30.6. The highest BCUT2D eigenvalue weighted by Gasteiger charge is 2.44. The summed E-state index contributed by atoms with van der Waals surface area (Å²) < 4.78 is 21.7. The maximum Gasteiger partial charge on any atom is 0.328 e. The van der Waals surface area contributed by atoms with Crippen molar-refractivity contribution in [2.75, 3.05) is 33.0 Å². The van der Waals surface area contributed by atoms with Gasteiger partial charge >= 0.3 is 11.9 Å². The average molecular weight is 877 g/mol. The Labute approximate surface area is 370 Å². The molecular formula is C49H68N2O12. The maximum atomic E-state index is 13.2. The second kappa shape index (κ2) is 26.4. The summed E-state index contributed by atoms with van der Waals surface area (Å²) >= 11 is 0. The number of rotatable bonds is 29. The van der Waals surface area contributed by atoms with Crippen LogP contribution in [0.3, 0.4) is 0 Å². The standard InChI is InChI=1S/C49H68N2O12/c1-2-3-4-5-6-7-8-9-10-12-30-61-48(59)38(51-41(54)26-25-40(53)50-28-31-62-49-47(58)46(57)45(56)39(32-52)63-49)24-27-42(55)60-29-13-11-15-33-18-19-36-21-20-34-16-14-17-35-22-23-37(33)44(36)43(34)35/h14,16-23,38-39,45-47,49,52,56-58H,2-13,15,24-32H2,1H3,(H,50,53)(H,51,54)/t38?,39-,45+,46+,47-,49-/m1/s1. The third-order valence-corrected chi connectivity index (χ3v) is 11.9. The summed E-state index contributed by atoms with van der Waals surface area (Å²) in [6, 6.07) is 18.3. The van der Waals surface area contributed by atoms with Crippen molar-refractivity contribution in [3.05, 3.63) is 60.2 Å². The number of carbonyl (C=O) groups is 4. The van der Waals surface area contributed by atoms with Gasteiger partial charge in [0.15, 0.2) is 6.29 Å². The topological polar surface area (TPSA) is 210 Å². The fraction of sp³-hybridized carbons (Fsp3) is 0.592. The number of hydrogen-bond acceptors (Lipinski definition) is 12. The van der Waals surface area contributed by atoms with Gasteiger partial charge in [-0.1, -0.05) is 119 Å². The van der Waals surface area contributed by atoms with Gasteiger partial charge in [-0.15, -0.1) is 0 Å². The highest BCUT2D eigenvalue weighted by atomic mass is 16.7. The van der Waals surface area contributed by atoms with E-state index in [1.165, 1.54) is 76.4 Å². The third-order valence-electron chi connectivity index (χ3n) is 11.9. The number of aryl methyl sites for hydroxylation is 1. The molecule has 0 radical (unpaired) electrons. The third kappa shape index (κ3) is 15.1. The molecule has 4 aromatic carbocycles. The van der Waals surface area contributed by atoms with E-state index in [1.54, 1.807) is 0 Å². The van der Waals surface area contributed by atoms with Gasteiger partial charge in [-0.2, -0.15) is 0 Å². The second-order valence-corrected chi connectivity index (χ2v) is 16.7. The Morgan fingerprint density at radius 3 is 2.00 bits per heavy atom. The molecule has 1 saturated heterocycles. The molecule has 6 atom stereocenters. The predicted octanol–water partition coefficient (Wildman–Crippen LogP) is 5.89. The molecule has 1 aliphatic heterocycles. The first kappa shape index (κ1) is 49.6. The van der Waals surface area contributed by atoms with Crippen LogP contribution in [0.15, 0.2) is 54.6 Å². The summed E-state index contributed by atoms with van der Waals surface area (Å²) in [6.45, 7) is 1.88. The number of nitrogens with one attached hydrogen (secondary N) is 2. The van der Waals surface area contributed by atoms with Crippen LogP contribution >= 0.6 is 0 Å². The zero-order valence-electron chi connectivity index (χ0n) is 36.8. The summed E-state index contributed by atoms with van der Waals surface area (Å²) in [4.78, 5) is 51.5. The fourth-order valence-electron chi connectivity index (χ4n) is 8.22. The number of aliphatic hydroxyl groups is 4. The van der Waals surface area contributed by atoms with E-state index in [2.05, 4.69) is 72.2 Å². The Balaban J connectivity index is 1.03. The number of ether oxygens (including phenoxy) is 4. The molecule has 14 heteroatoms. The molecule has 0 spiro atoms. The molecule has 1 unspecified atom stereocenters. The van der Waals surface area contributed by atoms with Crippen LogP contribution < -0.4 is 10.6 Å². The molecule has 0 aromatic heterocycles. The zero-order valence-corrected chi connectivity index (χ0v) is 36.8. The minimum absolute atomic E-state index is 0.0222. The first-order valence-electron chi connectivity index (χ1n) is 23.1. The van der Waals surface area contributed by atoms with Gasteiger partial charge < -0.3 is 50.0 Å². The van der Waals surface area contributed by atoms with Crippen molar-refractivity contribution in [2.45, 2.75) is 153 Å². The van der Waals surface area contributed by atoms with Crippen LogP contribution in [0.25, 0.3) is 32.3 Å². The van der Waals surface area contributed by atoms with Gasteiger partial charge in [-0.25, -0.2) is 4.79 Å². The number of unbranched alkanes of at least 4 members (excludes halogenated alkanes) is 10. The molecule has 14 nitrogen and oxygen atoms in total. The summed E-state index contributed by atoms with van der Waals surface area (Å²) in [7, 11) is 0. The Kier molecular flexibility index (Phi) is 20.8. The second-order valence-electron chi connectivity index (χ2n) is 16.7. The Morgan fingerprint density at radius 2 is 1.29 bits per heavy atom. The van der Waals surface area contributed by atoms with Crippen LogP contribution in [0.5, 0.6) is 0 Å². The van der Waals surface area contributed by atoms with Gasteiger partial charge in [0.05, 0.1) is 26.4 Å². The van der Waals surface area contributed by atoms with Crippen LogP contribution in [-0.4, -0.2) is 114 Å². The van der Waals surface area contributed by atoms with Crippen molar-refractivity contribution in [3.8, 4) is 0 Å². The van der Waals surface area contributed by atoms with Crippen molar-refractivity contribution in [3.63, 3.8) is 0 Å². The van der Waals surface area contributed by atoms with Crippen LogP contribution in [-0.2, 0) is 44.5 Å². The van der Waals surface area contributed by atoms with Gasteiger partial charge in [-0.05, 0) is 70.0 Å². The van der Waals surface area contributed by atoms with Crippen molar-refractivity contribution in [1.82, 2.24) is 10.6 Å². The van der Waals surface area contributed by atoms with Crippen molar-refractivity contribution in [2.24, 2.45) is 0 Å². The number of hydrogen-bond donors (Lipinski definition) is 6. The normalized spacial score (nSPS) is 19.3. The van der Waals surface area contributed by atoms with Crippen LogP contribution in [0.4, 0.5) is 0 Å². The van der Waals surface area contributed by atoms with Gasteiger partial charge in [0.2, 0.25) is 11.8 Å². The first-order valence-corrected chi connectivity index (χ1v) is 23.1. The van der Waals surface area contributed by atoms with E-state index in [0.717, 1.165) is 32.1 Å². The summed E-state index contributed by atoms with van der Waals surface area (Å²) in [5.41, 5.74) is 1.25. The van der Waals surface area contributed by atoms with Crippen molar-refractivity contribution in [1.29, 1.82) is 0 Å². The highest BCUT2D eigenvalue weighted by Crippen LogP contribution is 2.36. The molecule has 1 fully saturated rings. The van der Waals surface area contributed by atoms with E-state index < -0.39 is 67.1 Å². The Hall–Kier alpha value is -4.44. The molecule has 6 N–H and O–H groups in total. The highest BCUT2D eigenvalue weighted by molar-refractivity contribution is 6.23. The van der Waals surface area contributed by atoms with E-state index in [1.807, 2.05) is 0 Å². The molecule has 346 valence electrons. The molecule has 0 aliphatic carbocycles. The zero-order chi connectivity index (χ0) is 45.0. The van der Waals surface area contributed by atoms with E-state index in [-0.39, 0.29) is 52.0 Å². The van der Waals surface area contributed by atoms with E-state index >= 15 is 0 Å². The van der Waals surface area contributed by atoms with E-state index in [4.69, 9.17) is 18.9 Å². The number of esters is 2. The van der Waals surface area contributed by atoms with Gasteiger partial charge in [-0.3, -0.25) is 14.4 Å². The van der Waals surface area contributed by atoms with Crippen molar-refractivity contribution >= 4 is 56.1 Å². The predicted molar refractivity (Wildman–Crippen MR) is 240 cm³/mol. The van der Waals surface area contributed by atoms with E-state index in [9.17, 15) is 39.6 Å². The van der Waals surface area contributed by atoms with Gasteiger partial charge in [0, 0.05) is 25.8 Å². The molecule has 1 heterocycles. The fourth-order valence-corrected chi connectivity index (χ4v) is 8.22. The molecule has 1 aliphatic rings. The molecule has 0 bridgehead atoms. The minimum Gasteiger partial charge on any atom is -0.466 e. The van der Waals surface area contributed by atoms with Crippen LogP contribution in [0, 0.1) is 0 Å². The number of aliphatic hydroxyl groups excluding tert-OH is 4. The Bertz CT molecular complexity index is 2010. The van der Waals surface area contributed by atoms with Crippen LogP contribution in [0.1, 0.15) is 115 Å². The lowest BCUT2D eigenvalue weighted by molar-refractivity contribution is -0.300. The number of amides is 2. The largest absolute Gasteiger partial charge is 0.466 e. The molecule has 2 amide bonds. The Morgan fingerprint density at radius 1 is 0.667 bits per heavy atom. The van der Waals surface area contributed by atoms with Crippen molar-refractivity contribution < 1.29 is 58.6 Å². The lowest BCUT2D eigenvalue weighted by Crippen LogP contribution is -2.59. The molecule has 5 rings (SSSR count). The van der Waals surface area contributed by atoms with Gasteiger partial charge in [0.25, 0.3) is 0 Å². The lowest BCUT2D eigenvalue weighted by atomic mass is 9.91. The SMILES string of the molecule is CCCCCCCCCCCCOC(=O)C(CCC(=O)OCCCCc1ccc2ccc3cccc4ccc1c2c34)NC(=O)CCC(=O)NCCO[C@@H]1O[C@H](CO)[C@H](O)[C@H](O)[C@H]1O. The van der Waals surface area contributed by atoms with E-state index in [0.29, 0.717) is 12.8 Å². The smallest absolute Gasteiger partial charge is 0.328 e. The minimum atomic E-state index is -1.59. The van der Waals surface area contributed by atoms with Crippen LogP contribution in [0.2, 0.25) is 0 Å². The number of benzene rings is 4. The summed E-state index contributed by atoms with van der Waals surface area (Å²) in [5, 5.41) is 52.0. The molecule has 4 aromatic rings. The molecule has 63 heavy (non-hydrogen) atoms. The van der Waals surface area contributed by atoms with Gasteiger partial charge in [0.1, 0.15) is 30.5 Å². The number of carbonyl (C=O) groups excluding carboxylic acids is 4. The monoisotopic (exact) mass is 876 g/mol. The average Bonchev–Trinajstić information content (AvgIpc) is 3.29.